The van der Waals surface area contributed by atoms with Gasteiger partial charge in [0.2, 0.25) is 0 Å². The van der Waals surface area contributed by atoms with Crippen LogP contribution in [0.1, 0.15) is 17.0 Å². The van der Waals surface area contributed by atoms with Gasteiger partial charge in [0.1, 0.15) is 5.82 Å². The van der Waals surface area contributed by atoms with E-state index in [9.17, 15) is 0 Å². The summed E-state index contributed by atoms with van der Waals surface area (Å²) in [5, 5.41) is 4.15. The van der Waals surface area contributed by atoms with Gasteiger partial charge in [0.15, 0.2) is 0 Å². The molecule has 0 aliphatic rings. The summed E-state index contributed by atoms with van der Waals surface area (Å²) >= 11 is 6.16. The molecule has 0 saturated carbocycles. The zero-order valence-electron chi connectivity index (χ0n) is 10.1. The molecule has 1 N–H and O–H groups in total. The number of halogens is 1. The summed E-state index contributed by atoms with van der Waals surface area (Å²) in [5.74, 6) is 1.02. The molecule has 0 atom stereocenters. The summed E-state index contributed by atoms with van der Waals surface area (Å²) in [5.41, 5.74) is 2.30. The number of aromatic nitrogens is 2. The first-order valence-electron chi connectivity index (χ1n) is 5.59. The van der Waals surface area contributed by atoms with Crippen LogP contribution < -0.4 is 5.32 Å². The lowest BCUT2D eigenvalue weighted by Gasteiger charge is -2.07. The lowest BCUT2D eigenvalue weighted by molar-refractivity contribution is 0.639. The molecule has 0 aliphatic carbocycles. The fourth-order valence-electron chi connectivity index (χ4n) is 1.67. The van der Waals surface area contributed by atoms with Gasteiger partial charge >= 0.3 is 0 Å². The molecule has 90 valence electrons. The fraction of sp³-hybridized carbons (Fsp3) is 0.308. The first kappa shape index (κ1) is 12.1. The van der Waals surface area contributed by atoms with Crippen LogP contribution in [-0.4, -0.2) is 9.55 Å². The molecule has 1 aromatic carbocycles. The van der Waals surface area contributed by atoms with E-state index >= 15 is 0 Å². The number of nitrogens with zero attached hydrogens (tertiary/aromatic N) is 2. The number of aryl methyl sites for hydroxylation is 2. The largest absolute Gasteiger partial charge is 0.337 e. The second-order valence-corrected chi connectivity index (χ2v) is 4.56. The standard InChI is InChI=1S/C13H16ClN3/c1-10-3-4-11(12(14)7-10)8-15-9-13-16-5-6-17(13)2/h3-7,15H,8-9H2,1-2H3. The van der Waals surface area contributed by atoms with Crippen LogP contribution in [0.25, 0.3) is 0 Å². The lowest BCUT2D eigenvalue weighted by atomic mass is 10.1. The van der Waals surface area contributed by atoms with Gasteiger partial charge in [-0.25, -0.2) is 4.98 Å². The topological polar surface area (TPSA) is 29.9 Å². The van der Waals surface area contributed by atoms with Gasteiger partial charge in [-0.2, -0.15) is 0 Å². The molecule has 0 spiro atoms. The van der Waals surface area contributed by atoms with Crippen molar-refractivity contribution in [1.82, 2.24) is 14.9 Å². The SMILES string of the molecule is Cc1ccc(CNCc2nccn2C)c(Cl)c1. The maximum atomic E-state index is 6.16. The summed E-state index contributed by atoms with van der Waals surface area (Å²) in [6, 6.07) is 6.12. The first-order valence-corrected chi connectivity index (χ1v) is 5.96. The molecule has 0 radical (unpaired) electrons. The second-order valence-electron chi connectivity index (χ2n) is 4.15. The van der Waals surface area contributed by atoms with Gasteiger partial charge < -0.3 is 9.88 Å². The molecule has 3 nitrogen and oxygen atoms in total. The van der Waals surface area contributed by atoms with Crippen molar-refractivity contribution < 1.29 is 0 Å². The highest BCUT2D eigenvalue weighted by molar-refractivity contribution is 6.31. The molecule has 2 rings (SSSR count). The minimum atomic E-state index is 0.744. The smallest absolute Gasteiger partial charge is 0.122 e. The summed E-state index contributed by atoms with van der Waals surface area (Å²) in [7, 11) is 1.99. The summed E-state index contributed by atoms with van der Waals surface area (Å²) in [4.78, 5) is 4.25. The van der Waals surface area contributed by atoms with Crippen LogP contribution in [0.5, 0.6) is 0 Å². The van der Waals surface area contributed by atoms with Gasteiger partial charge in [-0.1, -0.05) is 23.7 Å². The zero-order valence-corrected chi connectivity index (χ0v) is 10.8. The molecule has 17 heavy (non-hydrogen) atoms. The minimum absolute atomic E-state index is 0.744. The number of nitrogens with one attached hydrogen (secondary N) is 1. The Morgan fingerprint density at radius 2 is 2.18 bits per heavy atom. The van der Waals surface area contributed by atoms with Gasteiger partial charge in [0.25, 0.3) is 0 Å². The van der Waals surface area contributed by atoms with Gasteiger partial charge in [0, 0.05) is 31.0 Å². The monoisotopic (exact) mass is 249 g/mol. The molecule has 1 heterocycles. The summed E-state index contributed by atoms with van der Waals surface area (Å²) < 4.78 is 2.00. The molecule has 2 aromatic rings. The lowest BCUT2D eigenvalue weighted by Crippen LogP contribution is -2.15. The van der Waals surface area contributed by atoms with E-state index in [0.29, 0.717) is 0 Å². The molecule has 0 amide bonds. The van der Waals surface area contributed by atoms with Crippen LogP contribution in [-0.2, 0) is 20.1 Å². The minimum Gasteiger partial charge on any atom is -0.337 e. The maximum Gasteiger partial charge on any atom is 0.122 e. The summed E-state index contributed by atoms with van der Waals surface area (Å²) in [6.45, 7) is 3.54. The van der Waals surface area contributed by atoms with E-state index in [-0.39, 0.29) is 0 Å². The molecular formula is C13H16ClN3. The van der Waals surface area contributed by atoms with Crippen molar-refractivity contribution in [2.45, 2.75) is 20.0 Å². The number of imidazole rings is 1. The Balaban J connectivity index is 1.92. The third-order valence-electron chi connectivity index (χ3n) is 2.73. The number of hydrogen-bond acceptors (Lipinski definition) is 2. The van der Waals surface area contributed by atoms with Crippen LogP contribution in [0.2, 0.25) is 5.02 Å². The predicted molar refractivity (Wildman–Crippen MR) is 69.9 cm³/mol. The van der Waals surface area contributed by atoms with E-state index in [0.717, 1.165) is 29.5 Å². The average Bonchev–Trinajstić information content (AvgIpc) is 2.68. The molecule has 0 saturated heterocycles. The quantitative estimate of drug-likeness (QED) is 0.903. The van der Waals surface area contributed by atoms with Crippen LogP contribution in [0.15, 0.2) is 30.6 Å². The van der Waals surface area contributed by atoms with Crippen LogP contribution in [0.4, 0.5) is 0 Å². The Morgan fingerprint density at radius 1 is 1.35 bits per heavy atom. The zero-order chi connectivity index (χ0) is 12.3. The highest BCUT2D eigenvalue weighted by atomic mass is 35.5. The van der Waals surface area contributed by atoms with Crippen molar-refractivity contribution in [3.8, 4) is 0 Å². The Bertz CT molecular complexity index is 505. The highest BCUT2D eigenvalue weighted by Crippen LogP contribution is 2.17. The van der Waals surface area contributed by atoms with Crippen molar-refractivity contribution in [3.05, 3.63) is 52.6 Å². The molecule has 0 aliphatic heterocycles. The Labute approximate surface area is 106 Å². The summed E-state index contributed by atoms with van der Waals surface area (Å²) in [6.07, 6.45) is 3.74. The van der Waals surface area contributed by atoms with Crippen molar-refractivity contribution in [2.24, 2.45) is 7.05 Å². The van der Waals surface area contributed by atoms with E-state index < -0.39 is 0 Å². The molecule has 0 unspecified atom stereocenters. The van der Waals surface area contributed by atoms with Gasteiger partial charge in [-0.15, -0.1) is 0 Å². The van der Waals surface area contributed by atoms with Crippen molar-refractivity contribution in [2.75, 3.05) is 0 Å². The number of benzene rings is 1. The van der Waals surface area contributed by atoms with E-state index in [2.05, 4.69) is 22.4 Å². The van der Waals surface area contributed by atoms with Crippen molar-refractivity contribution in [3.63, 3.8) is 0 Å². The van der Waals surface area contributed by atoms with Gasteiger partial charge in [-0.3, -0.25) is 0 Å². The third-order valence-corrected chi connectivity index (χ3v) is 3.08. The second kappa shape index (κ2) is 5.34. The van der Waals surface area contributed by atoms with Crippen molar-refractivity contribution in [1.29, 1.82) is 0 Å². The average molecular weight is 250 g/mol. The Hall–Kier alpha value is -1.32. The fourth-order valence-corrected chi connectivity index (χ4v) is 1.97. The molecular weight excluding hydrogens is 234 g/mol. The first-order chi connectivity index (χ1) is 8.16. The number of hydrogen-bond donors (Lipinski definition) is 1. The van der Waals surface area contributed by atoms with E-state index in [1.54, 1.807) is 6.20 Å². The van der Waals surface area contributed by atoms with Crippen LogP contribution in [0, 0.1) is 6.92 Å². The van der Waals surface area contributed by atoms with E-state index in [1.807, 2.05) is 30.8 Å². The Morgan fingerprint density at radius 3 is 2.82 bits per heavy atom. The van der Waals surface area contributed by atoms with Crippen LogP contribution >= 0.6 is 11.6 Å². The normalized spacial score (nSPS) is 10.8. The maximum absolute atomic E-state index is 6.16. The predicted octanol–water partition coefficient (Wildman–Crippen LogP) is 2.67. The highest BCUT2D eigenvalue weighted by Gasteiger charge is 2.02. The Kier molecular flexibility index (Phi) is 3.82. The molecule has 1 aromatic heterocycles. The van der Waals surface area contributed by atoms with E-state index in [1.165, 1.54) is 5.56 Å². The third kappa shape index (κ3) is 3.08. The molecule has 0 bridgehead atoms. The van der Waals surface area contributed by atoms with Crippen LogP contribution in [0.3, 0.4) is 0 Å². The van der Waals surface area contributed by atoms with Gasteiger partial charge in [-0.05, 0) is 24.1 Å². The molecule has 0 fully saturated rings. The number of rotatable bonds is 4. The van der Waals surface area contributed by atoms with Crippen molar-refractivity contribution >= 4 is 11.6 Å². The molecule has 4 heteroatoms. The van der Waals surface area contributed by atoms with E-state index in [4.69, 9.17) is 11.6 Å². The van der Waals surface area contributed by atoms with Gasteiger partial charge in [0.05, 0.1) is 6.54 Å².